The second-order valence-electron chi connectivity index (χ2n) is 7.55. The SMILES string of the molecule is O=C(O)c1cn(CC2CCN(Cc3ccccc3)CC2)c2ccccc2c1=O. The van der Waals surface area contributed by atoms with E-state index in [-0.39, 0.29) is 5.56 Å². The van der Waals surface area contributed by atoms with E-state index in [1.165, 1.54) is 11.8 Å². The molecule has 0 saturated carbocycles. The van der Waals surface area contributed by atoms with Crippen LogP contribution in [0.5, 0.6) is 0 Å². The molecule has 0 spiro atoms. The van der Waals surface area contributed by atoms with Crippen molar-refractivity contribution in [3.05, 3.63) is 82.1 Å². The van der Waals surface area contributed by atoms with Gasteiger partial charge in [0.05, 0.1) is 5.52 Å². The number of fused-ring (bicyclic) bond motifs is 1. The molecular formula is C23H24N2O3. The molecule has 3 aromatic rings. The topological polar surface area (TPSA) is 62.5 Å². The first-order valence-electron chi connectivity index (χ1n) is 9.73. The zero-order chi connectivity index (χ0) is 19.5. The normalized spacial score (nSPS) is 15.7. The van der Waals surface area contributed by atoms with E-state index in [9.17, 15) is 14.7 Å². The summed E-state index contributed by atoms with van der Waals surface area (Å²) in [4.78, 5) is 26.4. The number of hydrogen-bond donors (Lipinski definition) is 1. The molecule has 28 heavy (non-hydrogen) atoms. The first-order valence-corrected chi connectivity index (χ1v) is 9.73. The van der Waals surface area contributed by atoms with E-state index in [1.54, 1.807) is 12.1 Å². The Hall–Kier alpha value is -2.92. The summed E-state index contributed by atoms with van der Waals surface area (Å²) >= 11 is 0. The number of piperidine rings is 1. The Bertz CT molecular complexity index is 1030. The van der Waals surface area contributed by atoms with Crippen molar-refractivity contribution in [3.63, 3.8) is 0 Å². The van der Waals surface area contributed by atoms with Crippen LogP contribution in [0, 0.1) is 5.92 Å². The van der Waals surface area contributed by atoms with Crippen molar-refractivity contribution in [2.75, 3.05) is 13.1 Å². The summed E-state index contributed by atoms with van der Waals surface area (Å²) in [7, 11) is 0. The van der Waals surface area contributed by atoms with E-state index in [1.807, 2.05) is 22.8 Å². The number of benzene rings is 2. The van der Waals surface area contributed by atoms with Gasteiger partial charge in [0.15, 0.2) is 0 Å². The highest BCUT2D eigenvalue weighted by Crippen LogP contribution is 2.23. The number of carboxylic acids is 1. The molecule has 0 amide bonds. The number of rotatable bonds is 5. The number of nitrogens with zero attached hydrogens (tertiary/aromatic N) is 2. The maximum absolute atomic E-state index is 12.4. The molecule has 0 radical (unpaired) electrons. The first-order chi connectivity index (χ1) is 13.6. The molecule has 1 aromatic heterocycles. The number of likely N-dealkylation sites (tertiary alicyclic amines) is 1. The molecule has 2 aromatic carbocycles. The average Bonchev–Trinajstić information content (AvgIpc) is 2.72. The van der Waals surface area contributed by atoms with Crippen molar-refractivity contribution in [2.45, 2.75) is 25.9 Å². The van der Waals surface area contributed by atoms with Gasteiger partial charge in [0, 0.05) is 24.7 Å². The lowest BCUT2D eigenvalue weighted by Crippen LogP contribution is -2.34. The fourth-order valence-electron chi connectivity index (χ4n) is 4.10. The number of carboxylic acid groups (broad SMARTS) is 1. The quantitative estimate of drug-likeness (QED) is 0.739. The molecule has 1 fully saturated rings. The van der Waals surface area contributed by atoms with Crippen LogP contribution < -0.4 is 5.43 Å². The molecule has 0 unspecified atom stereocenters. The lowest BCUT2D eigenvalue weighted by atomic mass is 9.96. The van der Waals surface area contributed by atoms with Crippen LogP contribution in [0.3, 0.4) is 0 Å². The van der Waals surface area contributed by atoms with Crippen molar-refractivity contribution in [2.24, 2.45) is 5.92 Å². The van der Waals surface area contributed by atoms with Crippen LogP contribution in [0.2, 0.25) is 0 Å². The number of aromatic nitrogens is 1. The van der Waals surface area contributed by atoms with Crippen LogP contribution in [-0.2, 0) is 13.1 Å². The maximum Gasteiger partial charge on any atom is 0.341 e. The summed E-state index contributed by atoms with van der Waals surface area (Å²) in [5.41, 5.74) is 1.58. The van der Waals surface area contributed by atoms with Crippen molar-refractivity contribution in [1.82, 2.24) is 9.47 Å². The number of carbonyl (C=O) groups is 1. The van der Waals surface area contributed by atoms with E-state index < -0.39 is 11.4 Å². The molecule has 144 valence electrons. The van der Waals surface area contributed by atoms with E-state index in [0.717, 1.165) is 44.5 Å². The third kappa shape index (κ3) is 3.85. The van der Waals surface area contributed by atoms with Gasteiger partial charge in [-0.1, -0.05) is 42.5 Å². The number of hydrogen-bond acceptors (Lipinski definition) is 3. The maximum atomic E-state index is 12.4. The second kappa shape index (κ2) is 7.98. The summed E-state index contributed by atoms with van der Waals surface area (Å²) in [5, 5.41) is 9.89. The van der Waals surface area contributed by atoms with Crippen LogP contribution in [0.15, 0.2) is 65.6 Å². The number of pyridine rings is 1. The summed E-state index contributed by atoms with van der Waals surface area (Å²) in [5.74, 6) is -0.693. The zero-order valence-corrected chi connectivity index (χ0v) is 15.8. The smallest absolute Gasteiger partial charge is 0.341 e. The fraction of sp³-hybridized carbons (Fsp3) is 0.304. The largest absolute Gasteiger partial charge is 0.477 e. The first kappa shape index (κ1) is 18.4. The van der Waals surface area contributed by atoms with Gasteiger partial charge in [-0.3, -0.25) is 9.69 Å². The van der Waals surface area contributed by atoms with Gasteiger partial charge in [0.2, 0.25) is 5.43 Å². The molecule has 4 rings (SSSR count). The minimum Gasteiger partial charge on any atom is -0.477 e. The van der Waals surface area contributed by atoms with Crippen LogP contribution in [0.25, 0.3) is 10.9 Å². The fourth-order valence-corrected chi connectivity index (χ4v) is 4.10. The molecule has 0 aliphatic carbocycles. The Labute approximate surface area is 163 Å². The third-order valence-corrected chi connectivity index (χ3v) is 5.63. The van der Waals surface area contributed by atoms with E-state index >= 15 is 0 Å². The predicted molar refractivity (Wildman–Crippen MR) is 110 cm³/mol. The molecule has 1 aliphatic rings. The Morgan fingerprint density at radius 3 is 2.39 bits per heavy atom. The van der Waals surface area contributed by atoms with Gasteiger partial charge in [0.25, 0.3) is 0 Å². The van der Waals surface area contributed by atoms with Gasteiger partial charge >= 0.3 is 5.97 Å². The molecule has 5 nitrogen and oxygen atoms in total. The van der Waals surface area contributed by atoms with Crippen LogP contribution in [0.4, 0.5) is 0 Å². The highest BCUT2D eigenvalue weighted by atomic mass is 16.4. The highest BCUT2D eigenvalue weighted by Gasteiger charge is 2.21. The third-order valence-electron chi connectivity index (χ3n) is 5.63. The lowest BCUT2D eigenvalue weighted by molar-refractivity contribution is 0.0694. The van der Waals surface area contributed by atoms with Gasteiger partial charge in [-0.25, -0.2) is 4.79 Å². The van der Waals surface area contributed by atoms with E-state index in [4.69, 9.17) is 0 Å². The Kier molecular flexibility index (Phi) is 5.26. The summed E-state index contributed by atoms with van der Waals surface area (Å²) in [6.07, 6.45) is 3.65. The molecule has 0 atom stereocenters. The van der Waals surface area contributed by atoms with Crippen molar-refractivity contribution in [1.29, 1.82) is 0 Å². The number of aromatic carboxylic acids is 1. The van der Waals surface area contributed by atoms with Crippen LogP contribution in [-0.4, -0.2) is 33.6 Å². The van der Waals surface area contributed by atoms with E-state index in [2.05, 4.69) is 29.2 Å². The van der Waals surface area contributed by atoms with Gasteiger partial charge in [-0.05, 0) is 49.5 Å². The van der Waals surface area contributed by atoms with Crippen molar-refractivity contribution >= 4 is 16.9 Å². The van der Waals surface area contributed by atoms with Gasteiger partial charge in [-0.15, -0.1) is 0 Å². The van der Waals surface area contributed by atoms with E-state index in [0.29, 0.717) is 11.3 Å². The Morgan fingerprint density at radius 1 is 1.00 bits per heavy atom. The summed E-state index contributed by atoms with van der Waals surface area (Å²) in [6, 6.07) is 17.8. The van der Waals surface area contributed by atoms with Crippen molar-refractivity contribution < 1.29 is 9.90 Å². The molecule has 1 N–H and O–H groups in total. The molecule has 1 saturated heterocycles. The van der Waals surface area contributed by atoms with Crippen LogP contribution >= 0.6 is 0 Å². The van der Waals surface area contributed by atoms with Crippen LogP contribution in [0.1, 0.15) is 28.8 Å². The molecule has 1 aliphatic heterocycles. The average molecular weight is 376 g/mol. The standard InChI is InChI=1S/C23H24N2O3/c26-22-19-8-4-5-9-21(19)25(16-20(22)23(27)28)15-18-10-12-24(13-11-18)14-17-6-2-1-3-7-17/h1-9,16,18H,10-15H2,(H,27,28). The van der Waals surface area contributed by atoms with Gasteiger partial charge in [-0.2, -0.15) is 0 Å². The summed E-state index contributed by atoms with van der Waals surface area (Å²) in [6.45, 7) is 3.77. The Morgan fingerprint density at radius 2 is 1.68 bits per heavy atom. The Balaban J connectivity index is 1.49. The number of para-hydroxylation sites is 1. The minimum absolute atomic E-state index is 0.153. The summed E-state index contributed by atoms with van der Waals surface area (Å²) < 4.78 is 1.96. The van der Waals surface area contributed by atoms with Gasteiger partial charge < -0.3 is 9.67 Å². The minimum atomic E-state index is -1.16. The predicted octanol–water partition coefficient (Wildman–Crippen LogP) is 3.61. The van der Waals surface area contributed by atoms with Crippen molar-refractivity contribution in [3.8, 4) is 0 Å². The molecule has 2 heterocycles. The molecule has 0 bridgehead atoms. The lowest BCUT2D eigenvalue weighted by Gasteiger charge is -2.32. The molecule has 5 heteroatoms. The second-order valence-corrected chi connectivity index (χ2v) is 7.55. The zero-order valence-electron chi connectivity index (χ0n) is 15.8. The highest BCUT2D eigenvalue weighted by molar-refractivity contribution is 5.92. The monoisotopic (exact) mass is 376 g/mol. The van der Waals surface area contributed by atoms with Gasteiger partial charge in [0.1, 0.15) is 5.56 Å². The molecular weight excluding hydrogens is 352 g/mol.